The predicted octanol–water partition coefficient (Wildman–Crippen LogP) is 4.78. The van der Waals surface area contributed by atoms with E-state index in [1.165, 1.54) is 11.1 Å². The van der Waals surface area contributed by atoms with E-state index < -0.39 is 10.0 Å². The number of rotatable bonds is 6. The molecule has 3 aromatic carbocycles. The van der Waals surface area contributed by atoms with E-state index in [0.29, 0.717) is 44.4 Å². The Bertz CT molecular complexity index is 1440. The van der Waals surface area contributed by atoms with Gasteiger partial charge in [0.05, 0.1) is 18.0 Å². The van der Waals surface area contributed by atoms with E-state index in [1.54, 1.807) is 35.7 Å². The van der Waals surface area contributed by atoms with Crippen LogP contribution < -0.4 is 9.64 Å². The quantitative estimate of drug-likeness (QED) is 0.442. The molecule has 1 amide bonds. The Hall–Kier alpha value is -3.56. The van der Waals surface area contributed by atoms with Crippen molar-refractivity contribution >= 4 is 21.8 Å². The van der Waals surface area contributed by atoms with Crippen molar-refractivity contribution in [3.8, 4) is 5.75 Å². The summed E-state index contributed by atoms with van der Waals surface area (Å²) in [6.07, 6.45) is 1.59. The molecule has 3 aromatic rings. The molecule has 2 fully saturated rings. The SMILES string of the molecule is COc1ccc(S(=O)(=O)N2CCN(c3ccc4c(c3)[C@H]3CC4CCN3C(=O)OCc3ccccc3)CC2)cc1. The van der Waals surface area contributed by atoms with Crippen LogP contribution in [0.5, 0.6) is 5.75 Å². The number of anilines is 1. The Morgan fingerprint density at radius 2 is 1.64 bits per heavy atom. The van der Waals surface area contributed by atoms with Crippen molar-refractivity contribution in [1.82, 2.24) is 9.21 Å². The molecule has 0 aromatic heterocycles. The second-order valence-corrected chi connectivity index (χ2v) is 12.3. The number of amides is 1. The maximum absolute atomic E-state index is 13.2. The van der Waals surface area contributed by atoms with Crippen molar-refractivity contribution < 1.29 is 22.7 Å². The molecule has 2 bridgehead atoms. The van der Waals surface area contributed by atoms with Gasteiger partial charge in [0.15, 0.2) is 0 Å². The molecular formula is C30H33N3O5S. The normalized spacial score (nSPS) is 20.9. The summed E-state index contributed by atoms with van der Waals surface area (Å²) in [5.74, 6) is 1.09. The standard InChI is InChI=1S/C30H33N3O5S/c1-37-25-8-10-26(11-9-25)39(35,36)32-17-15-31(16-18-32)24-7-12-27-23-13-14-33(29(19-23)28(27)20-24)30(34)38-21-22-5-3-2-4-6-22/h2-12,20,23,29H,13-19,21H2,1H3/t23?,29-/m1/s1. The number of benzene rings is 3. The fraction of sp³-hybridized carbons (Fsp3) is 0.367. The molecule has 2 atom stereocenters. The number of methoxy groups -OCH3 is 1. The van der Waals surface area contributed by atoms with Crippen molar-refractivity contribution in [2.75, 3.05) is 44.7 Å². The first-order chi connectivity index (χ1) is 18.9. The molecule has 0 N–H and O–H groups in total. The number of piperazine rings is 1. The van der Waals surface area contributed by atoms with Gasteiger partial charge in [-0.25, -0.2) is 13.2 Å². The molecule has 3 aliphatic rings. The summed E-state index contributed by atoms with van der Waals surface area (Å²) < 4.78 is 38.7. The minimum absolute atomic E-state index is 0.0127. The van der Waals surface area contributed by atoms with Gasteiger partial charge in [-0.2, -0.15) is 4.31 Å². The lowest BCUT2D eigenvalue weighted by Crippen LogP contribution is -2.48. The first kappa shape index (κ1) is 25.7. The molecule has 204 valence electrons. The third-order valence-electron chi connectivity index (χ3n) is 8.21. The number of piperidine rings is 1. The number of ether oxygens (including phenoxy) is 2. The molecule has 0 spiro atoms. The summed E-state index contributed by atoms with van der Waals surface area (Å²) in [7, 11) is -2.00. The predicted molar refractivity (Wildman–Crippen MR) is 148 cm³/mol. The summed E-state index contributed by atoms with van der Waals surface area (Å²) in [4.78, 5) is 17.5. The van der Waals surface area contributed by atoms with Gasteiger partial charge in [-0.1, -0.05) is 36.4 Å². The van der Waals surface area contributed by atoms with Crippen LogP contribution in [-0.2, 0) is 21.4 Å². The van der Waals surface area contributed by atoms with Gasteiger partial charge in [-0.3, -0.25) is 0 Å². The minimum atomic E-state index is -3.56. The Kier molecular flexibility index (Phi) is 6.95. The number of nitrogens with zero attached hydrogens (tertiary/aromatic N) is 3. The van der Waals surface area contributed by atoms with Gasteiger partial charge in [-0.15, -0.1) is 0 Å². The van der Waals surface area contributed by atoms with E-state index in [9.17, 15) is 13.2 Å². The van der Waals surface area contributed by atoms with E-state index in [2.05, 4.69) is 23.1 Å². The average molecular weight is 548 g/mol. The zero-order valence-corrected chi connectivity index (χ0v) is 22.8. The number of likely N-dealkylation sites (tertiary alicyclic amines) is 1. The zero-order valence-electron chi connectivity index (χ0n) is 22.0. The number of sulfonamides is 1. The van der Waals surface area contributed by atoms with Crippen LogP contribution in [-0.4, -0.2) is 63.5 Å². The van der Waals surface area contributed by atoms with E-state index >= 15 is 0 Å². The first-order valence-corrected chi connectivity index (χ1v) is 14.9. The molecule has 1 aliphatic carbocycles. The van der Waals surface area contributed by atoms with Crippen molar-refractivity contribution in [1.29, 1.82) is 0 Å². The Balaban J connectivity index is 1.13. The van der Waals surface area contributed by atoms with Crippen LogP contribution in [0, 0.1) is 0 Å². The third-order valence-corrected chi connectivity index (χ3v) is 10.1. The van der Waals surface area contributed by atoms with Gasteiger partial charge < -0.3 is 19.3 Å². The van der Waals surface area contributed by atoms with Crippen LogP contribution >= 0.6 is 0 Å². The summed E-state index contributed by atoms with van der Waals surface area (Å²) in [5.41, 5.74) is 4.56. The van der Waals surface area contributed by atoms with Gasteiger partial charge >= 0.3 is 6.09 Å². The molecule has 9 heteroatoms. The van der Waals surface area contributed by atoms with Crippen LogP contribution in [0.2, 0.25) is 0 Å². The molecule has 6 rings (SSSR count). The lowest BCUT2D eigenvalue weighted by atomic mass is 9.96. The first-order valence-electron chi connectivity index (χ1n) is 13.4. The minimum Gasteiger partial charge on any atom is -0.497 e. The number of carbonyl (C=O) groups is 1. The molecule has 2 aliphatic heterocycles. The topological polar surface area (TPSA) is 79.4 Å². The van der Waals surface area contributed by atoms with Crippen LogP contribution in [0.1, 0.15) is 41.5 Å². The summed E-state index contributed by atoms with van der Waals surface area (Å²) >= 11 is 0. The second-order valence-electron chi connectivity index (χ2n) is 10.4. The van der Waals surface area contributed by atoms with E-state index in [0.717, 1.165) is 24.1 Å². The number of hydrogen-bond donors (Lipinski definition) is 0. The Morgan fingerprint density at radius 3 is 2.36 bits per heavy atom. The largest absolute Gasteiger partial charge is 0.497 e. The van der Waals surface area contributed by atoms with Crippen LogP contribution in [0.15, 0.2) is 77.7 Å². The maximum atomic E-state index is 13.2. The monoisotopic (exact) mass is 547 g/mol. The van der Waals surface area contributed by atoms with Gasteiger partial charge in [0, 0.05) is 38.4 Å². The van der Waals surface area contributed by atoms with Gasteiger partial charge in [0.2, 0.25) is 10.0 Å². The number of fused-ring (bicyclic) bond motifs is 5. The Morgan fingerprint density at radius 1 is 0.897 bits per heavy atom. The Labute approximate surface area is 229 Å². The molecule has 0 saturated carbocycles. The third kappa shape index (κ3) is 4.96. The lowest BCUT2D eigenvalue weighted by Gasteiger charge is -2.36. The molecule has 0 radical (unpaired) electrons. The highest BCUT2D eigenvalue weighted by atomic mass is 32.2. The van der Waals surface area contributed by atoms with Crippen molar-refractivity contribution in [2.45, 2.75) is 36.3 Å². The van der Waals surface area contributed by atoms with Gasteiger partial charge in [0.1, 0.15) is 12.4 Å². The molecule has 2 heterocycles. The second kappa shape index (κ2) is 10.5. The van der Waals surface area contributed by atoms with E-state index in [-0.39, 0.29) is 23.6 Å². The van der Waals surface area contributed by atoms with Crippen LogP contribution in [0.3, 0.4) is 0 Å². The van der Waals surface area contributed by atoms with Gasteiger partial charge in [0.25, 0.3) is 0 Å². The highest BCUT2D eigenvalue weighted by Gasteiger charge is 2.42. The molecule has 1 unspecified atom stereocenters. The van der Waals surface area contributed by atoms with Crippen molar-refractivity contribution in [3.63, 3.8) is 0 Å². The summed E-state index contributed by atoms with van der Waals surface area (Å²) in [6, 6.07) is 22.8. The smallest absolute Gasteiger partial charge is 0.410 e. The van der Waals surface area contributed by atoms with E-state index in [4.69, 9.17) is 9.47 Å². The van der Waals surface area contributed by atoms with Crippen molar-refractivity contribution in [2.24, 2.45) is 0 Å². The molecule has 39 heavy (non-hydrogen) atoms. The van der Waals surface area contributed by atoms with Gasteiger partial charge in [-0.05, 0) is 71.8 Å². The van der Waals surface area contributed by atoms with E-state index in [1.807, 2.05) is 35.2 Å². The fourth-order valence-electron chi connectivity index (χ4n) is 6.07. The molecule has 2 saturated heterocycles. The number of hydrogen-bond acceptors (Lipinski definition) is 6. The lowest BCUT2D eigenvalue weighted by molar-refractivity contribution is 0.0694. The zero-order chi connectivity index (χ0) is 27.0. The van der Waals surface area contributed by atoms with Crippen LogP contribution in [0.4, 0.5) is 10.5 Å². The summed E-state index contributed by atoms with van der Waals surface area (Å²) in [6.45, 7) is 2.98. The molecular weight excluding hydrogens is 514 g/mol. The van der Waals surface area contributed by atoms with Crippen LogP contribution in [0.25, 0.3) is 0 Å². The highest BCUT2D eigenvalue weighted by molar-refractivity contribution is 7.89. The maximum Gasteiger partial charge on any atom is 0.410 e. The fourth-order valence-corrected chi connectivity index (χ4v) is 7.49. The number of carbonyl (C=O) groups excluding carboxylic acids is 1. The summed E-state index contributed by atoms with van der Waals surface area (Å²) in [5, 5.41) is 0. The average Bonchev–Trinajstić information content (AvgIpc) is 3.27. The molecule has 8 nitrogen and oxygen atoms in total. The highest BCUT2D eigenvalue weighted by Crippen LogP contribution is 2.50. The van der Waals surface area contributed by atoms with Crippen molar-refractivity contribution in [3.05, 3.63) is 89.5 Å².